The lowest BCUT2D eigenvalue weighted by Crippen LogP contribution is -2.10. The van der Waals surface area contributed by atoms with Gasteiger partial charge in [-0.15, -0.1) is 0 Å². The molecule has 0 aromatic heterocycles. The molecule has 204 valence electrons. The average molecular weight is 534 g/mol. The number of anilines is 1. The lowest BCUT2D eigenvalue weighted by molar-refractivity contribution is -0.137. The van der Waals surface area contributed by atoms with E-state index in [1.165, 1.54) is 6.08 Å². The summed E-state index contributed by atoms with van der Waals surface area (Å²) >= 11 is 0. The van der Waals surface area contributed by atoms with Gasteiger partial charge >= 0.3 is 11.9 Å². The van der Waals surface area contributed by atoms with Crippen molar-refractivity contribution in [3.8, 4) is 5.75 Å². The summed E-state index contributed by atoms with van der Waals surface area (Å²) < 4.78 is 21.7. The molecule has 0 bridgehead atoms. The summed E-state index contributed by atoms with van der Waals surface area (Å²) in [4.78, 5) is 34.9. The van der Waals surface area contributed by atoms with Crippen molar-refractivity contribution in [1.82, 2.24) is 0 Å². The average Bonchev–Trinajstić information content (AvgIpc) is 2.96. The van der Waals surface area contributed by atoms with Crippen LogP contribution in [-0.2, 0) is 23.8 Å². The van der Waals surface area contributed by atoms with Crippen molar-refractivity contribution in [3.05, 3.63) is 109 Å². The minimum Gasteiger partial charge on any atom is -0.494 e. The summed E-state index contributed by atoms with van der Waals surface area (Å²) in [6, 6.07) is 13.2. The second kappa shape index (κ2) is 14.9. The van der Waals surface area contributed by atoms with Crippen molar-refractivity contribution in [3.63, 3.8) is 0 Å². The highest BCUT2D eigenvalue weighted by Gasteiger charge is 2.17. The van der Waals surface area contributed by atoms with Gasteiger partial charge in [0.2, 0.25) is 12.2 Å². The van der Waals surface area contributed by atoms with Gasteiger partial charge in [-0.3, -0.25) is 4.79 Å². The first-order valence-electron chi connectivity index (χ1n) is 12.4. The maximum Gasteiger partial charge on any atom is 0.343 e. The highest BCUT2D eigenvalue weighted by Crippen LogP contribution is 2.27. The Balaban J connectivity index is 1.42. The zero-order valence-corrected chi connectivity index (χ0v) is 21.5. The number of carbonyl (C=O) groups is 3. The molecule has 1 aliphatic rings. The Morgan fingerprint density at radius 2 is 1.56 bits per heavy atom. The number of aliphatic hydroxyl groups is 1. The summed E-state index contributed by atoms with van der Waals surface area (Å²) in [6.07, 6.45) is 6.66. The molecule has 2 N–H and O–H groups in total. The Labute approximate surface area is 227 Å². The van der Waals surface area contributed by atoms with Gasteiger partial charge in [0.1, 0.15) is 17.3 Å². The number of hydrogen-bond donors (Lipinski definition) is 2. The van der Waals surface area contributed by atoms with Gasteiger partial charge in [-0.1, -0.05) is 25.3 Å². The van der Waals surface area contributed by atoms with Crippen molar-refractivity contribution < 1.29 is 38.4 Å². The van der Waals surface area contributed by atoms with Crippen LogP contribution in [0.15, 0.2) is 97.5 Å². The molecule has 9 heteroatoms. The maximum absolute atomic E-state index is 12.5. The first-order chi connectivity index (χ1) is 18.9. The lowest BCUT2D eigenvalue weighted by atomic mass is 10.1. The second-order valence-electron chi connectivity index (χ2n) is 8.39. The summed E-state index contributed by atoms with van der Waals surface area (Å²) in [7, 11) is 0. The Bertz CT molecular complexity index is 1230. The molecule has 1 aliphatic carbocycles. The number of rotatable bonds is 14. The fraction of sp³-hybridized carbons (Fsp3) is 0.233. The van der Waals surface area contributed by atoms with Crippen LogP contribution >= 0.6 is 0 Å². The molecule has 3 rings (SSSR count). The largest absolute Gasteiger partial charge is 0.494 e. The van der Waals surface area contributed by atoms with Crippen molar-refractivity contribution in [1.29, 1.82) is 0 Å². The first-order valence-corrected chi connectivity index (χ1v) is 12.4. The Kier molecular flexibility index (Phi) is 11.1. The highest BCUT2D eigenvalue weighted by atomic mass is 16.6. The molecule has 2 aromatic rings. The molecule has 1 unspecified atom stereocenters. The first kappa shape index (κ1) is 28.9. The van der Waals surface area contributed by atoms with Crippen LogP contribution in [0.3, 0.4) is 0 Å². The van der Waals surface area contributed by atoms with Gasteiger partial charge in [-0.25, -0.2) is 9.59 Å². The standard InChI is InChI=1S/C30H31NO8/c1-3-27(32)31-23-11-7-21(8-12-23)29(34)38-25-15-17-26(18-16-25)39-30(35)22-9-13-24(14-10-22)36-19-5-6-20-37-28(33)4-2/h3-4,7-15,17,29,34H,1-2,5-6,16,18-20H2,(H,31,32). The fourth-order valence-corrected chi connectivity index (χ4v) is 3.41. The number of unbranched alkanes of at least 4 members (excludes halogenated alkanes) is 1. The molecular weight excluding hydrogens is 502 g/mol. The van der Waals surface area contributed by atoms with E-state index in [0.717, 1.165) is 6.08 Å². The predicted molar refractivity (Wildman–Crippen MR) is 144 cm³/mol. The number of aliphatic hydroxyl groups excluding tert-OH is 1. The van der Waals surface area contributed by atoms with Crippen LogP contribution in [0.4, 0.5) is 5.69 Å². The molecule has 0 radical (unpaired) electrons. The minimum absolute atomic E-state index is 0.310. The molecule has 9 nitrogen and oxygen atoms in total. The van der Waals surface area contributed by atoms with Gasteiger partial charge in [-0.05, 0) is 67.5 Å². The van der Waals surface area contributed by atoms with Crippen LogP contribution in [0.25, 0.3) is 0 Å². The topological polar surface area (TPSA) is 120 Å². The second-order valence-corrected chi connectivity index (χ2v) is 8.39. The van der Waals surface area contributed by atoms with Gasteiger partial charge in [-0.2, -0.15) is 0 Å². The quantitative estimate of drug-likeness (QED) is 0.149. The molecule has 1 amide bonds. The number of amides is 1. The number of nitrogens with one attached hydrogen (secondary N) is 1. The van der Waals surface area contributed by atoms with E-state index in [1.807, 2.05) is 0 Å². The maximum atomic E-state index is 12.5. The number of esters is 2. The van der Waals surface area contributed by atoms with Crippen molar-refractivity contribution in [2.45, 2.75) is 32.0 Å². The monoisotopic (exact) mass is 533 g/mol. The molecular formula is C30H31NO8. The van der Waals surface area contributed by atoms with E-state index in [2.05, 4.69) is 18.5 Å². The third kappa shape index (κ3) is 9.64. The predicted octanol–water partition coefficient (Wildman–Crippen LogP) is 5.13. The van der Waals surface area contributed by atoms with Crippen LogP contribution < -0.4 is 10.1 Å². The summed E-state index contributed by atoms with van der Waals surface area (Å²) in [5.74, 6) is 0.398. The third-order valence-electron chi connectivity index (χ3n) is 5.52. The van der Waals surface area contributed by atoms with E-state index in [-0.39, 0.29) is 5.91 Å². The molecule has 0 saturated heterocycles. The van der Waals surface area contributed by atoms with Crippen LogP contribution in [0.5, 0.6) is 5.75 Å². The van der Waals surface area contributed by atoms with E-state index < -0.39 is 18.2 Å². The van der Waals surface area contributed by atoms with Gasteiger partial charge in [0, 0.05) is 30.2 Å². The van der Waals surface area contributed by atoms with E-state index in [1.54, 1.807) is 60.7 Å². The van der Waals surface area contributed by atoms with Gasteiger partial charge in [0.25, 0.3) is 0 Å². The van der Waals surface area contributed by atoms with Gasteiger partial charge in [0.15, 0.2) is 0 Å². The van der Waals surface area contributed by atoms with Gasteiger partial charge in [0.05, 0.1) is 18.8 Å². The van der Waals surface area contributed by atoms with Crippen molar-refractivity contribution in [2.75, 3.05) is 18.5 Å². The summed E-state index contributed by atoms with van der Waals surface area (Å²) in [6.45, 7) is 7.50. The number of ether oxygens (including phenoxy) is 4. The van der Waals surface area contributed by atoms with Crippen LogP contribution in [-0.4, -0.2) is 36.2 Å². The normalized spacial score (nSPS) is 13.2. The van der Waals surface area contributed by atoms with Crippen molar-refractivity contribution in [2.24, 2.45) is 0 Å². The van der Waals surface area contributed by atoms with Gasteiger partial charge < -0.3 is 29.4 Å². The van der Waals surface area contributed by atoms with Crippen LogP contribution in [0.2, 0.25) is 0 Å². The minimum atomic E-state index is -1.19. The highest BCUT2D eigenvalue weighted by molar-refractivity contribution is 5.98. The molecule has 0 fully saturated rings. The molecule has 0 heterocycles. The van der Waals surface area contributed by atoms with E-state index in [4.69, 9.17) is 18.9 Å². The molecule has 1 atom stereocenters. The van der Waals surface area contributed by atoms with Crippen LogP contribution in [0, 0.1) is 0 Å². The SMILES string of the molecule is C=CC(=O)Nc1ccc(C(O)OC2=CC=C(OC(=O)c3ccc(OCCCCOC(=O)C=C)cc3)CC2)cc1. The lowest BCUT2D eigenvalue weighted by Gasteiger charge is -2.19. The van der Waals surface area contributed by atoms with E-state index in [9.17, 15) is 19.5 Å². The Hall–Kier alpha value is -4.63. The number of benzene rings is 2. The fourth-order valence-electron chi connectivity index (χ4n) is 3.41. The molecule has 39 heavy (non-hydrogen) atoms. The van der Waals surface area contributed by atoms with E-state index in [0.29, 0.717) is 73.0 Å². The number of carbonyl (C=O) groups excluding carboxylic acids is 3. The van der Waals surface area contributed by atoms with Crippen molar-refractivity contribution >= 4 is 23.5 Å². The Morgan fingerprint density at radius 1 is 0.897 bits per heavy atom. The zero-order chi connectivity index (χ0) is 28.0. The third-order valence-corrected chi connectivity index (χ3v) is 5.52. The summed E-state index contributed by atoms with van der Waals surface area (Å²) in [5.41, 5.74) is 1.48. The number of allylic oxidation sites excluding steroid dienone is 4. The number of hydrogen-bond acceptors (Lipinski definition) is 8. The molecule has 0 aliphatic heterocycles. The Morgan fingerprint density at radius 3 is 2.21 bits per heavy atom. The molecule has 2 aromatic carbocycles. The zero-order valence-electron chi connectivity index (χ0n) is 21.5. The smallest absolute Gasteiger partial charge is 0.343 e. The summed E-state index contributed by atoms with van der Waals surface area (Å²) in [5, 5.41) is 13.0. The molecule has 0 saturated carbocycles. The molecule has 0 spiro atoms. The van der Waals surface area contributed by atoms with E-state index >= 15 is 0 Å². The van der Waals surface area contributed by atoms with Crippen LogP contribution in [0.1, 0.15) is 47.9 Å².